The average molecular weight is 772 g/mol. The van der Waals surface area contributed by atoms with Crippen molar-refractivity contribution in [2.75, 3.05) is 11.1 Å². The summed E-state index contributed by atoms with van der Waals surface area (Å²) >= 11 is 1.84. The molecule has 0 saturated heterocycles. The van der Waals surface area contributed by atoms with E-state index in [9.17, 15) is 0 Å². The Morgan fingerprint density at radius 2 is 1.36 bits per heavy atom. The second-order valence-electron chi connectivity index (χ2n) is 13.6. The second-order valence-corrected chi connectivity index (χ2v) is 14.7. The summed E-state index contributed by atoms with van der Waals surface area (Å²) in [5, 5.41) is 3.60. The molecule has 288 valence electrons. The second kappa shape index (κ2) is 21.6. The highest BCUT2D eigenvalue weighted by atomic mass is 32.2. The van der Waals surface area contributed by atoms with Crippen molar-refractivity contribution in [1.82, 2.24) is 0 Å². The molecule has 1 N–H and O–H groups in total. The van der Waals surface area contributed by atoms with Gasteiger partial charge in [-0.3, -0.25) is 0 Å². The molecule has 0 atom stereocenters. The van der Waals surface area contributed by atoms with Gasteiger partial charge in [-0.1, -0.05) is 165 Å². The fourth-order valence-electron chi connectivity index (χ4n) is 6.61. The summed E-state index contributed by atoms with van der Waals surface area (Å²) in [7, 11) is 0. The monoisotopic (exact) mass is 771 g/mol. The molecule has 1 nitrogen and oxygen atoms in total. The molecule has 0 saturated carbocycles. The largest absolute Gasteiger partial charge is 0.355 e. The number of benzene rings is 5. The van der Waals surface area contributed by atoms with Crippen LogP contribution < -0.4 is 5.32 Å². The van der Waals surface area contributed by atoms with Crippen LogP contribution in [0.5, 0.6) is 0 Å². The van der Waals surface area contributed by atoms with E-state index in [0.29, 0.717) is 0 Å². The van der Waals surface area contributed by atoms with Crippen molar-refractivity contribution in [3.05, 3.63) is 244 Å². The highest BCUT2D eigenvalue weighted by molar-refractivity contribution is 7.99. The first-order chi connectivity index (χ1) is 28.4. The van der Waals surface area contributed by atoms with E-state index in [1.54, 1.807) is 0 Å². The number of fused-ring (bicyclic) bond motifs is 1. The first kappa shape index (κ1) is 42.5. The van der Waals surface area contributed by atoms with Gasteiger partial charge in [-0.2, -0.15) is 0 Å². The molecule has 0 fully saturated rings. The van der Waals surface area contributed by atoms with Crippen LogP contribution in [0.2, 0.25) is 0 Å². The summed E-state index contributed by atoms with van der Waals surface area (Å²) in [5.74, 6) is 0.924. The van der Waals surface area contributed by atoms with Gasteiger partial charge in [0.1, 0.15) is 0 Å². The van der Waals surface area contributed by atoms with Gasteiger partial charge in [0.2, 0.25) is 0 Å². The number of nitrogens with one attached hydrogen (secondary N) is 1. The standard InChI is InChI=1S/C54H49NS.C2H4/c1-7-10-12-18-40(5)51-20-14-15-21-53(51)55-50-31-28-44(29-32-50)43-24-26-45(27-25-43)48-35-47(42(9-3)23-22-39(4)17-8-2)36-49(37-48)46-30-33-54-52(38-46)41(6)19-13-11-16-34-56-54;1-2/h7-21,23-33,35-38,55H,3-6,22,34H2,1-2H3;1-2H2/b10-7-,16-11-,17-8-,18-12-,19-13-,42-23+;. The van der Waals surface area contributed by atoms with Crippen LogP contribution in [0.4, 0.5) is 11.4 Å². The fraction of sp³-hybridized carbons (Fsp3) is 0.0714. The zero-order valence-electron chi connectivity index (χ0n) is 33.9. The van der Waals surface area contributed by atoms with Crippen molar-refractivity contribution < 1.29 is 0 Å². The number of hydrogen-bond donors (Lipinski definition) is 1. The summed E-state index contributed by atoms with van der Waals surface area (Å²) in [6.45, 7) is 27.2. The predicted octanol–water partition coefficient (Wildman–Crippen LogP) is 16.7. The van der Waals surface area contributed by atoms with Gasteiger partial charge in [-0.15, -0.1) is 24.9 Å². The van der Waals surface area contributed by atoms with Crippen molar-refractivity contribution in [1.29, 1.82) is 0 Å². The van der Waals surface area contributed by atoms with E-state index in [0.717, 1.165) is 90.3 Å². The Bertz CT molecular complexity index is 2440. The van der Waals surface area contributed by atoms with E-state index >= 15 is 0 Å². The van der Waals surface area contributed by atoms with Gasteiger partial charge in [0.05, 0.1) is 0 Å². The predicted molar refractivity (Wildman–Crippen MR) is 261 cm³/mol. The molecule has 0 spiro atoms. The van der Waals surface area contributed by atoms with Crippen LogP contribution in [0.25, 0.3) is 50.1 Å². The van der Waals surface area contributed by atoms with E-state index in [2.05, 4.69) is 178 Å². The Morgan fingerprint density at radius 3 is 2.05 bits per heavy atom. The third-order valence-corrected chi connectivity index (χ3v) is 10.6. The molecule has 1 heterocycles. The molecular formula is C56H53NS. The van der Waals surface area contributed by atoms with Gasteiger partial charge < -0.3 is 5.32 Å². The van der Waals surface area contributed by atoms with Gasteiger partial charge in [-0.25, -0.2) is 0 Å². The maximum Gasteiger partial charge on any atom is 0.0463 e. The third-order valence-electron chi connectivity index (χ3n) is 9.60. The van der Waals surface area contributed by atoms with E-state index in [4.69, 9.17) is 0 Å². The Kier molecular flexibility index (Phi) is 15.9. The molecule has 6 rings (SSSR count). The van der Waals surface area contributed by atoms with E-state index in [1.807, 2.05) is 74.2 Å². The Hall–Kier alpha value is -6.61. The van der Waals surface area contributed by atoms with Gasteiger partial charge >= 0.3 is 0 Å². The molecule has 5 aromatic carbocycles. The number of anilines is 2. The lowest BCUT2D eigenvalue weighted by atomic mass is 9.91. The van der Waals surface area contributed by atoms with Crippen molar-refractivity contribution >= 4 is 39.9 Å². The number of allylic oxidation sites excluding steroid dienone is 15. The maximum atomic E-state index is 4.41. The molecule has 0 bridgehead atoms. The van der Waals surface area contributed by atoms with Crippen molar-refractivity contribution in [2.24, 2.45) is 0 Å². The lowest BCUT2D eigenvalue weighted by Gasteiger charge is -2.15. The van der Waals surface area contributed by atoms with Crippen LogP contribution in [-0.4, -0.2) is 5.75 Å². The molecular weight excluding hydrogens is 719 g/mol. The van der Waals surface area contributed by atoms with Crippen LogP contribution in [0.1, 0.15) is 37.0 Å². The number of thioether (sulfide) groups is 1. The lowest BCUT2D eigenvalue weighted by Crippen LogP contribution is -1.94. The molecule has 1 aliphatic rings. The smallest absolute Gasteiger partial charge is 0.0463 e. The first-order valence-electron chi connectivity index (χ1n) is 19.5. The zero-order valence-corrected chi connectivity index (χ0v) is 34.7. The van der Waals surface area contributed by atoms with Crippen LogP contribution >= 0.6 is 11.8 Å². The molecule has 0 amide bonds. The van der Waals surface area contributed by atoms with Crippen molar-refractivity contribution in [2.45, 2.75) is 25.2 Å². The Morgan fingerprint density at radius 1 is 0.707 bits per heavy atom. The first-order valence-corrected chi connectivity index (χ1v) is 20.5. The number of rotatable bonds is 13. The van der Waals surface area contributed by atoms with Crippen LogP contribution in [-0.2, 0) is 0 Å². The zero-order chi connectivity index (χ0) is 41.3. The number of para-hydroxylation sites is 1. The van der Waals surface area contributed by atoms with Gasteiger partial charge in [0.15, 0.2) is 0 Å². The van der Waals surface area contributed by atoms with E-state index in [1.165, 1.54) is 10.5 Å². The molecule has 0 radical (unpaired) electrons. The highest BCUT2D eigenvalue weighted by Crippen LogP contribution is 2.37. The molecule has 5 aromatic rings. The topological polar surface area (TPSA) is 12.0 Å². The molecule has 0 aromatic heterocycles. The summed E-state index contributed by atoms with van der Waals surface area (Å²) in [6.07, 6.45) is 25.5. The minimum absolute atomic E-state index is 0.751. The van der Waals surface area contributed by atoms with Crippen molar-refractivity contribution in [3.8, 4) is 33.4 Å². The van der Waals surface area contributed by atoms with Gasteiger partial charge in [0.25, 0.3) is 0 Å². The molecule has 2 heteroatoms. The molecule has 1 aliphatic heterocycles. The van der Waals surface area contributed by atoms with Crippen molar-refractivity contribution in [3.63, 3.8) is 0 Å². The summed E-state index contributed by atoms with van der Waals surface area (Å²) in [4.78, 5) is 1.24. The molecule has 58 heavy (non-hydrogen) atoms. The maximum absolute atomic E-state index is 4.41. The molecule has 0 unspecified atom stereocenters. The fourth-order valence-corrected chi connectivity index (χ4v) is 7.51. The summed E-state index contributed by atoms with van der Waals surface area (Å²) in [6, 6.07) is 39.3. The Balaban J connectivity index is 0.00000315. The molecule has 0 aliphatic carbocycles. The number of hydrogen-bond acceptors (Lipinski definition) is 2. The van der Waals surface area contributed by atoms with Gasteiger partial charge in [-0.05, 0) is 130 Å². The average Bonchev–Trinajstić information content (AvgIpc) is 3.35. The van der Waals surface area contributed by atoms with Crippen LogP contribution in [0.15, 0.2) is 232 Å². The highest BCUT2D eigenvalue weighted by Gasteiger charge is 2.13. The summed E-state index contributed by atoms with van der Waals surface area (Å²) in [5.41, 5.74) is 16.4. The van der Waals surface area contributed by atoms with Crippen LogP contribution in [0.3, 0.4) is 0 Å². The van der Waals surface area contributed by atoms with Crippen LogP contribution in [0, 0.1) is 0 Å². The lowest BCUT2D eigenvalue weighted by molar-refractivity contribution is 1.30. The Labute approximate surface area is 351 Å². The SMILES string of the molecule is C=C.C=C/C(=C\CC(=C)/C=C\C)c1cc(-c2ccc(-c3ccc(Nc4ccccc4C(=C)/C=C\C=C/C)cc3)cc2)cc(-c2ccc3c(c2)C(=C)/C=C\C=C/CS3)c1. The van der Waals surface area contributed by atoms with E-state index in [-0.39, 0.29) is 0 Å². The minimum Gasteiger partial charge on any atom is -0.355 e. The minimum atomic E-state index is 0.751. The quantitative estimate of drug-likeness (QED) is 0.0945. The third kappa shape index (κ3) is 11.3. The normalized spacial score (nSPS) is 13.8. The van der Waals surface area contributed by atoms with Gasteiger partial charge in [0, 0.05) is 27.6 Å². The van der Waals surface area contributed by atoms with E-state index < -0.39 is 0 Å². The summed E-state index contributed by atoms with van der Waals surface area (Å²) < 4.78 is 0.